The lowest BCUT2D eigenvalue weighted by Gasteiger charge is -2.09. The number of fused-ring (bicyclic) bond motifs is 1. The lowest BCUT2D eigenvalue weighted by molar-refractivity contribution is 0.451. The van der Waals surface area contributed by atoms with Gasteiger partial charge in [0.05, 0.1) is 16.6 Å². The summed E-state index contributed by atoms with van der Waals surface area (Å²) in [5, 5.41) is 19.5. The molecule has 2 N–H and O–H groups in total. The fourth-order valence-corrected chi connectivity index (χ4v) is 2.65. The molecule has 1 aromatic heterocycles. The zero-order valence-corrected chi connectivity index (χ0v) is 10.8. The number of phenolic OH excluding ortho intramolecular Hbond substituents is 2. The highest BCUT2D eigenvalue weighted by Gasteiger charge is 2.29. The van der Waals surface area contributed by atoms with Crippen LogP contribution in [-0.4, -0.2) is 19.8 Å². The molecule has 1 heterocycles. The molecule has 4 rings (SSSR count). The minimum Gasteiger partial charge on any atom is -0.508 e. The van der Waals surface area contributed by atoms with Crippen molar-refractivity contribution in [3.8, 4) is 22.9 Å². The quantitative estimate of drug-likeness (QED) is 0.747. The molecule has 0 radical (unpaired) electrons. The number of imidazole rings is 1. The highest BCUT2D eigenvalue weighted by molar-refractivity contribution is 5.82. The van der Waals surface area contributed by atoms with E-state index < -0.39 is 0 Å². The van der Waals surface area contributed by atoms with Crippen molar-refractivity contribution in [2.45, 2.75) is 18.9 Å². The van der Waals surface area contributed by atoms with Crippen molar-refractivity contribution in [2.24, 2.45) is 0 Å². The smallest absolute Gasteiger partial charge is 0.145 e. The Hall–Kier alpha value is -2.49. The first-order chi connectivity index (χ1) is 9.74. The van der Waals surface area contributed by atoms with Crippen LogP contribution in [0, 0.1) is 0 Å². The van der Waals surface area contributed by atoms with Gasteiger partial charge in [0, 0.05) is 12.1 Å². The van der Waals surface area contributed by atoms with Crippen LogP contribution < -0.4 is 0 Å². The van der Waals surface area contributed by atoms with E-state index in [1.807, 2.05) is 18.2 Å². The normalized spacial score (nSPS) is 14.8. The molecule has 100 valence electrons. The van der Waals surface area contributed by atoms with E-state index in [1.165, 1.54) is 6.07 Å². The highest BCUT2D eigenvalue weighted by Crippen LogP contribution is 2.43. The van der Waals surface area contributed by atoms with Crippen LogP contribution in [0.1, 0.15) is 18.9 Å². The standard InChI is InChI=1S/C16H14N2O2/c19-11-7-8-12(15(20)9-11)16-17-13-3-1-2-4-14(13)18(16)10-5-6-10/h1-4,7-10,19-20H,5-6H2. The molecular formula is C16H14N2O2. The molecule has 0 bridgehead atoms. The van der Waals surface area contributed by atoms with Crippen molar-refractivity contribution in [2.75, 3.05) is 0 Å². The van der Waals surface area contributed by atoms with E-state index in [4.69, 9.17) is 0 Å². The van der Waals surface area contributed by atoms with E-state index in [0.29, 0.717) is 11.6 Å². The number of aromatic hydroxyl groups is 2. The third-order valence-corrected chi connectivity index (χ3v) is 3.73. The van der Waals surface area contributed by atoms with Gasteiger partial charge < -0.3 is 14.8 Å². The lowest BCUT2D eigenvalue weighted by Crippen LogP contribution is -1.97. The van der Waals surface area contributed by atoms with Gasteiger partial charge in [0.15, 0.2) is 0 Å². The van der Waals surface area contributed by atoms with E-state index in [0.717, 1.165) is 29.7 Å². The van der Waals surface area contributed by atoms with Crippen molar-refractivity contribution in [3.63, 3.8) is 0 Å². The van der Waals surface area contributed by atoms with Gasteiger partial charge in [-0.15, -0.1) is 0 Å². The molecule has 0 unspecified atom stereocenters. The maximum atomic E-state index is 10.1. The van der Waals surface area contributed by atoms with Crippen LogP contribution in [0.15, 0.2) is 42.5 Å². The summed E-state index contributed by atoms with van der Waals surface area (Å²) in [7, 11) is 0. The van der Waals surface area contributed by atoms with E-state index in [1.54, 1.807) is 12.1 Å². The number of rotatable bonds is 2. The van der Waals surface area contributed by atoms with Crippen LogP contribution in [0.2, 0.25) is 0 Å². The van der Waals surface area contributed by atoms with Gasteiger partial charge in [-0.3, -0.25) is 0 Å². The Morgan fingerprint density at radius 2 is 1.85 bits per heavy atom. The van der Waals surface area contributed by atoms with Gasteiger partial charge in [-0.1, -0.05) is 12.1 Å². The SMILES string of the molecule is Oc1ccc(-c2nc3ccccc3n2C2CC2)c(O)c1. The third kappa shape index (κ3) is 1.65. The molecule has 0 aliphatic heterocycles. The molecule has 0 spiro atoms. The molecule has 1 saturated carbocycles. The molecule has 1 fully saturated rings. The Balaban J connectivity index is 2.01. The number of hydrogen-bond acceptors (Lipinski definition) is 3. The van der Waals surface area contributed by atoms with Crippen molar-refractivity contribution in [1.82, 2.24) is 9.55 Å². The minimum atomic E-state index is 0.0559. The predicted octanol–water partition coefficient (Wildman–Crippen LogP) is 3.45. The lowest BCUT2D eigenvalue weighted by atomic mass is 10.2. The summed E-state index contributed by atoms with van der Waals surface area (Å²) in [6.45, 7) is 0. The van der Waals surface area contributed by atoms with Gasteiger partial charge in [-0.2, -0.15) is 0 Å². The van der Waals surface area contributed by atoms with Crippen LogP contribution in [0.25, 0.3) is 22.4 Å². The number of aromatic nitrogens is 2. The number of para-hydroxylation sites is 2. The molecule has 2 aromatic carbocycles. The molecule has 3 aromatic rings. The molecule has 4 heteroatoms. The maximum absolute atomic E-state index is 10.1. The first-order valence-electron chi connectivity index (χ1n) is 6.73. The van der Waals surface area contributed by atoms with E-state index in [9.17, 15) is 10.2 Å². The average Bonchev–Trinajstić information content (AvgIpc) is 3.19. The molecule has 1 aliphatic carbocycles. The summed E-state index contributed by atoms with van der Waals surface area (Å²) in [5.41, 5.74) is 2.69. The largest absolute Gasteiger partial charge is 0.508 e. The zero-order valence-electron chi connectivity index (χ0n) is 10.8. The van der Waals surface area contributed by atoms with E-state index >= 15 is 0 Å². The second kappa shape index (κ2) is 4.00. The summed E-state index contributed by atoms with van der Waals surface area (Å²) >= 11 is 0. The second-order valence-electron chi connectivity index (χ2n) is 5.23. The third-order valence-electron chi connectivity index (χ3n) is 3.73. The first kappa shape index (κ1) is 11.3. The minimum absolute atomic E-state index is 0.0559. The van der Waals surface area contributed by atoms with Crippen molar-refractivity contribution >= 4 is 11.0 Å². The number of hydrogen-bond donors (Lipinski definition) is 2. The Morgan fingerprint density at radius 3 is 2.60 bits per heavy atom. The molecule has 4 nitrogen and oxygen atoms in total. The predicted molar refractivity (Wildman–Crippen MR) is 76.8 cm³/mol. The summed E-state index contributed by atoms with van der Waals surface area (Å²) < 4.78 is 2.20. The van der Waals surface area contributed by atoms with Crippen LogP contribution in [0.3, 0.4) is 0 Å². The van der Waals surface area contributed by atoms with Crippen molar-refractivity contribution in [3.05, 3.63) is 42.5 Å². The summed E-state index contributed by atoms with van der Waals surface area (Å²) in [6, 6.07) is 13.1. The van der Waals surface area contributed by atoms with Crippen LogP contribution >= 0.6 is 0 Å². The first-order valence-corrected chi connectivity index (χ1v) is 6.73. The Morgan fingerprint density at radius 1 is 1.05 bits per heavy atom. The Labute approximate surface area is 115 Å². The number of benzene rings is 2. The average molecular weight is 266 g/mol. The van der Waals surface area contributed by atoms with Gasteiger partial charge in [-0.25, -0.2) is 4.98 Å². The molecule has 0 amide bonds. The van der Waals surface area contributed by atoms with Gasteiger partial charge in [0.1, 0.15) is 17.3 Å². The topological polar surface area (TPSA) is 58.3 Å². The molecule has 0 atom stereocenters. The molecule has 20 heavy (non-hydrogen) atoms. The zero-order chi connectivity index (χ0) is 13.7. The monoisotopic (exact) mass is 266 g/mol. The van der Waals surface area contributed by atoms with Gasteiger partial charge in [0.2, 0.25) is 0 Å². The summed E-state index contributed by atoms with van der Waals surface area (Å²) in [5.74, 6) is 0.883. The fourth-order valence-electron chi connectivity index (χ4n) is 2.65. The molecular weight excluding hydrogens is 252 g/mol. The molecule has 1 aliphatic rings. The Kier molecular flexibility index (Phi) is 2.27. The molecule has 0 saturated heterocycles. The van der Waals surface area contributed by atoms with Crippen LogP contribution in [0.5, 0.6) is 11.5 Å². The highest BCUT2D eigenvalue weighted by atomic mass is 16.3. The van der Waals surface area contributed by atoms with E-state index in [-0.39, 0.29) is 11.5 Å². The maximum Gasteiger partial charge on any atom is 0.145 e. The van der Waals surface area contributed by atoms with Crippen molar-refractivity contribution in [1.29, 1.82) is 0 Å². The van der Waals surface area contributed by atoms with Crippen molar-refractivity contribution < 1.29 is 10.2 Å². The van der Waals surface area contributed by atoms with Gasteiger partial charge in [-0.05, 0) is 37.1 Å². The number of nitrogens with zero attached hydrogens (tertiary/aromatic N) is 2. The second-order valence-corrected chi connectivity index (χ2v) is 5.23. The van der Waals surface area contributed by atoms with Crippen LogP contribution in [0.4, 0.5) is 0 Å². The van der Waals surface area contributed by atoms with Crippen LogP contribution in [-0.2, 0) is 0 Å². The fraction of sp³-hybridized carbons (Fsp3) is 0.188. The number of phenols is 2. The Bertz CT molecular complexity index is 803. The van der Waals surface area contributed by atoms with Gasteiger partial charge in [0.25, 0.3) is 0 Å². The summed E-state index contributed by atoms with van der Waals surface area (Å²) in [6.07, 6.45) is 2.29. The summed E-state index contributed by atoms with van der Waals surface area (Å²) in [4.78, 5) is 4.66. The van der Waals surface area contributed by atoms with E-state index in [2.05, 4.69) is 15.6 Å². The van der Waals surface area contributed by atoms with Gasteiger partial charge >= 0.3 is 0 Å².